The average molecular weight is 411 g/mol. The summed E-state index contributed by atoms with van der Waals surface area (Å²) in [5, 5.41) is 2.12. The molecule has 0 unspecified atom stereocenters. The topological polar surface area (TPSA) is 73.9 Å². The summed E-state index contributed by atoms with van der Waals surface area (Å²) >= 11 is 0. The molecule has 2 rings (SSSR count). The van der Waals surface area contributed by atoms with E-state index in [1.54, 1.807) is 24.3 Å². The zero-order valence-electron chi connectivity index (χ0n) is 15.8. The molecule has 0 aliphatic rings. The number of amides is 1. The van der Waals surface area contributed by atoms with Gasteiger partial charge in [-0.05, 0) is 50.2 Å². The lowest BCUT2D eigenvalue weighted by atomic mass is 10.1. The average Bonchev–Trinajstić information content (AvgIpc) is 2.67. The molecule has 0 aliphatic carbocycles. The van der Waals surface area contributed by atoms with Gasteiger partial charge in [0.1, 0.15) is 11.5 Å². The first kappa shape index (κ1) is 22.1. The molecule has 2 aromatic carbocycles. The first-order valence-electron chi connectivity index (χ1n) is 8.73. The molecule has 0 saturated carbocycles. The summed E-state index contributed by atoms with van der Waals surface area (Å²) in [6, 6.07) is 11.1. The molecule has 1 amide bonds. The number of halogens is 3. The van der Waals surface area contributed by atoms with E-state index in [1.807, 2.05) is 6.92 Å². The van der Waals surface area contributed by atoms with Gasteiger partial charge in [-0.25, -0.2) is 4.79 Å². The van der Waals surface area contributed by atoms with Crippen molar-refractivity contribution in [1.82, 2.24) is 0 Å². The predicted molar refractivity (Wildman–Crippen MR) is 98.7 cm³/mol. The van der Waals surface area contributed by atoms with E-state index in [0.29, 0.717) is 18.1 Å². The highest BCUT2D eigenvalue weighted by atomic mass is 19.4. The maximum atomic E-state index is 13.0. The van der Waals surface area contributed by atoms with E-state index in [4.69, 9.17) is 14.2 Å². The van der Waals surface area contributed by atoms with Crippen molar-refractivity contribution in [1.29, 1.82) is 0 Å². The highest BCUT2D eigenvalue weighted by Crippen LogP contribution is 2.34. The molecule has 6 nitrogen and oxygen atoms in total. The third-order valence-corrected chi connectivity index (χ3v) is 3.66. The first-order valence-corrected chi connectivity index (χ1v) is 8.73. The Balaban J connectivity index is 1.87. The van der Waals surface area contributed by atoms with Crippen molar-refractivity contribution >= 4 is 17.6 Å². The smallest absolute Gasteiger partial charge is 0.418 e. The number of para-hydroxylation sites is 1. The molecule has 0 saturated heterocycles. The minimum Gasteiger partial charge on any atom is -0.494 e. The van der Waals surface area contributed by atoms with Gasteiger partial charge in [-0.15, -0.1) is 0 Å². The standard InChI is InChI=1S/C20H20F3NO5/c1-3-27-14-8-10-15(11-9-14)28-12-18(25)29-13(2)19(26)24-17-7-5-4-6-16(17)20(21,22)23/h4-11,13H,3,12H2,1-2H3,(H,24,26)/t13-/m1/s1. The molecule has 29 heavy (non-hydrogen) atoms. The van der Waals surface area contributed by atoms with Gasteiger partial charge in [0.05, 0.1) is 17.9 Å². The normalized spacial score (nSPS) is 12.0. The number of hydrogen-bond donors (Lipinski definition) is 1. The number of carbonyl (C=O) groups is 2. The van der Waals surface area contributed by atoms with Crippen LogP contribution in [-0.2, 0) is 20.5 Å². The zero-order valence-corrected chi connectivity index (χ0v) is 15.8. The van der Waals surface area contributed by atoms with Gasteiger partial charge in [-0.2, -0.15) is 13.2 Å². The number of hydrogen-bond acceptors (Lipinski definition) is 5. The third kappa shape index (κ3) is 6.70. The van der Waals surface area contributed by atoms with Gasteiger partial charge in [0, 0.05) is 0 Å². The van der Waals surface area contributed by atoms with E-state index in [2.05, 4.69) is 5.32 Å². The number of ether oxygens (including phenoxy) is 3. The Hall–Kier alpha value is -3.23. The first-order chi connectivity index (χ1) is 13.7. The largest absolute Gasteiger partial charge is 0.494 e. The van der Waals surface area contributed by atoms with E-state index in [0.717, 1.165) is 12.1 Å². The lowest BCUT2D eigenvalue weighted by Gasteiger charge is -2.17. The molecule has 1 N–H and O–H groups in total. The van der Waals surface area contributed by atoms with Gasteiger partial charge in [-0.3, -0.25) is 4.79 Å². The maximum absolute atomic E-state index is 13.0. The van der Waals surface area contributed by atoms with Crippen LogP contribution in [-0.4, -0.2) is 31.2 Å². The second-order valence-corrected chi connectivity index (χ2v) is 5.86. The fraction of sp³-hybridized carbons (Fsp3) is 0.300. The molecule has 0 aromatic heterocycles. The predicted octanol–water partition coefficient (Wildman–Crippen LogP) is 4.05. The van der Waals surface area contributed by atoms with E-state index >= 15 is 0 Å². The summed E-state index contributed by atoms with van der Waals surface area (Å²) in [7, 11) is 0. The van der Waals surface area contributed by atoms with Gasteiger partial charge < -0.3 is 19.5 Å². The Bertz CT molecular complexity index is 837. The third-order valence-electron chi connectivity index (χ3n) is 3.66. The quantitative estimate of drug-likeness (QED) is 0.664. The summed E-state index contributed by atoms with van der Waals surface area (Å²) < 4.78 is 54.4. The molecule has 0 spiro atoms. The minimum atomic E-state index is -4.63. The van der Waals surface area contributed by atoms with Crippen LogP contribution in [0.3, 0.4) is 0 Å². The summed E-state index contributed by atoms with van der Waals surface area (Å²) in [5.74, 6) is -0.699. The molecular weight excluding hydrogens is 391 g/mol. The fourth-order valence-corrected chi connectivity index (χ4v) is 2.30. The lowest BCUT2D eigenvalue weighted by Crippen LogP contribution is -2.32. The van der Waals surface area contributed by atoms with Crippen LogP contribution < -0.4 is 14.8 Å². The molecule has 2 aromatic rings. The second kappa shape index (κ2) is 9.81. The highest BCUT2D eigenvalue weighted by Gasteiger charge is 2.34. The zero-order chi connectivity index (χ0) is 21.4. The van der Waals surface area contributed by atoms with Crippen molar-refractivity contribution < 1.29 is 37.0 Å². The van der Waals surface area contributed by atoms with Crippen LogP contribution in [0.25, 0.3) is 0 Å². The van der Waals surface area contributed by atoms with Crippen molar-refractivity contribution in [2.75, 3.05) is 18.5 Å². The number of nitrogens with one attached hydrogen (secondary N) is 1. The number of benzene rings is 2. The molecular formula is C20H20F3NO5. The van der Waals surface area contributed by atoms with E-state index in [-0.39, 0.29) is 0 Å². The summed E-state index contributed by atoms with van der Waals surface area (Å²) in [5.41, 5.74) is -1.41. The van der Waals surface area contributed by atoms with Crippen LogP contribution in [0, 0.1) is 0 Å². The number of alkyl halides is 3. The monoisotopic (exact) mass is 411 g/mol. The van der Waals surface area contributed by atoms with Crippen molar-refractivity contribution in [3.05, 3.63) is 54.1 Å². The summed E-state index contributed by atoms with van der Waals surface area (Å²) in [6.45, 7) is 3.14. The van der Waals surface area contributed by atoms with Crippen LogP contribution in [0.15, 0.2) is 48.5 Å². The second-order valence-electron chi connectivity index (χ2n) is 5.86. The molecule has 1 atom stereocenters. The summed E-state index contributed by atoms with van der Waals surface area (Å²) in [4.78, 5) is 23.9. The van der Waals surface area contributed by atoms with E-state index in [9.17, 15) is 22.8 Å². The Kier molecular flexibility index (Phi) is 7.46. The van der Waals surface area contributed by atoms with Gasteiger partial charge in [0.2, 0.25) is 0 Å². The number of carbonyl (C=O) groups excluding carboxylic acids is 2. The van der Waals surface area contributed by atoms with Gasteiger partial charge in [-0.1, -0.05) is 12.1 Å². The molecule has 0 fully saturated rings. The SMILES string of the molecule is CCOc1ccc(OCC(=O)O[C@H](C)C(=O)Nc2ccccc2C(F)(F)F)cc1. The van der Waals surface area contributed by atoms with Crippen molar-refractivity contribution in [3.8, 4) is 11.5 Å². The number of anilines is 1. The van der Waals surface area contributed by atoms with Crippen LogP contribution in [0.4, 0.5) is 18.9 Å². The van der Waals surface area contributed by atoms with Crippen molar-refractivity contribution in [3.63, 3.8) is 0 Å². The molecule has 156 valence electrons. The molecule has 0 heterocycles. The van der Waals surface area contributed by atoms with Gasteiger partial charge in [0.15, 0.2) is 12.7 Å². The maximum Gasteiger partial charge on any atom is 0.418 e. The van der Waals surface area contributed by atoms with Crippen LogP contribution in [0.1, 0.15) is 19.4 Å². The van der Waals surface area contributed by atoms with Crippen molar-refractivity contribution in [2.45, 2.75) is 26.1 Å². The van der Waals surface area contributed by atoms with Gasteiger partial charge >= 0.3 is 12.1 Å². The van der Waals surface area contributed by atoms with E-state index < -0.39 is 42.0 Å². The Morgan fingerprint density at radius 3 is 2.17 bits per heavy atom. The van der Waals surface area contributed by atoms with Crippen molar-refractivity contribution in [2.24, 2.45) is 0 Å². The Morgan fingerprint density at radius 2 is 1.59 bits per heavy atom. The number of esters is 1. The molecule has 0 aliphatic heterocycles. The van der Waals surface area contributed by atoms with Crippen LogP contribution >= 0.6 is 0 Å². The van der Waals surface area contributed by atoms with E-state index in [1.165, 1.54) is 19.1 Å². The molecule has 0 bridgehead atoms. The Labute approximate surface area is 165 Å². The lowest BCUT2D eigenvalue weighted by molar-refractivity contribution is -0.155. The Morgan fingerprint density at radius 1 is 1.00 bits per heavy atom. The molecule has 0 radical (unpaired) electrons. The van der Waals surface area contributed by atoms with Crippen LogP contribution in [0.2, 0.25) is 0 Å². The van der Waals surface area contributed by atoms with Crippen LogP contribution in [0.5, 0.6) is 11.5 Å². The minimum absolute atomic E-state index is 0.390. The highest BCUT2D eigenvalue weighted by molar-refractivity contribution is 5.95. The fourth-order valence-electron chi connectivity index (χ4n) is 2.30. The summed E-state index contributed by atoms with van der Waals surface area (Å²) in [6.07, 6.45) is -5.94. The molecule has 9 heteroatoms. The number of rotatable bonds is 8. The van der Waals surface area contributed by atoms with Gasteiger partial charge in [0.25, 0.3) is 5.91 Å².